The highest BCUT2D eigenvalue weighted by Crippen LogP contribution is 2.39. The number of hydrogen-bond donors (Lipinski definition) is 0. The summed E-state index contributed by atoms with van der Waals surface area (Å²) in [6, 6.07) is 7.90. The van der Waals surface area contributed by atoms with Crippen LogP contribution in [0.15, 0.2) is 34.1 Å². The molecule has 0 radical (unpaired) electrons. The number of rotatable bonds is 0. The molecule has 0 fully saturated rings. The lowest BCUT2D eigenvalue weighted by Gasteiger charge is -1.94. The number of thioether (sulfide) groups is 1. The molecule has 2 rings (SSSR count). The van der Waals surface area contributed by atoms with Crippen LogP contribution in [0.25, 0.3) is 0 Å². The first kappa shape index (κ1) is 7.37. The first-order chi connectivity index (χ1) is 5.29. The normalized spacial score (nSPS) is 28.5. The van der Waals surface area contributed by atoms with Crippen molar-refractivity contribution in [1.82, 2.24) is 0 Å². The van der Waals surface area contributed by atoms with Gasteiger partial charge in [0.15, 0.2) is 0 Å². The molecule has 1 aromatic rings. The zero-order valence-electron chi connectivity index (χ0n) is 6.11. The Kier molecular flexibility index (Phi) is 1.77. The van der Waals surface area contributed by atoms with Crippen molar-refractivity contribution in [2.24, 2.45) is 0 Å². The monoisotopic (exact) mass is 184 g/mol. The van der Waals surface area contributed by atoms with E-state index in [4.69, 9.17) is 0 Å². The molecule has 0 bridgehead atoms. The lowest BCUT2D eigenvalue weighted by atomic mass is 10.4. The molecule has 0 saturated heterocycles. The highest BCUT2D eigenvalue weighted by molar-refractivity contribution is 8.13. The Morgan fingerprint density at radius 2 is 2.18 bits per heavy atom. The summed E-state index contributed by atoms with van der Waals surface area (Å²) in [6.07, 6.45) is 0. The van der Waals surface area contributed by atoms with Gasteiger partial charge in [0.1, 0.15) is 0 Å². The van der Waals surface area contributed by atoms with Gasteiger partial charge in [-0.25, -0.2) is 0 Å². The average Bonchev–Trinajstić information content (AvgIpc) is 2.30. The molecular formula is C8H8OS2. The Morgan fingerprint density at radius 1 is 1.45 bits per heavy atom. The second kappa shape index (κ2) is 2.64. The second-order valence-corrected chi connectivity index (χ2v) is 5.85. The predicted molar refractivity (Wildman–Crippen MR) is 48.2 cm³/mol. The molecule has 2 unspecified atom stereocenters. The molecule has 0 spiro atoms. The minimum absolute atomic E-state index is 0.229. The van der Waals surface area contributed by atoms with Crippen molar-refractivity contribution >= 4 is 22.6 Å². The SMILES string of the molecule is CC1Sc2ccccc2S1=O. The van der Waals surface area contributed by atoms with Gasteiger partial charge in [0, 0.05) is 4.90 Å². The Morgan fingerprint density at radius 3 is 2.91 bits per heavy atom. The summed E-state index contributed by atoms with van der Waals surface area (Å²) >= 11 is 1.70. The van der Waals surface area contributed by atoms with Crippen molar-refractivity contribution in [1.29, 1.82) is 0 Å². The molecule has 2 atom stereocenters. The summed E-state index contributed by atoms with van der Waals surface area (Å²) in [5, 5.41) is 0. The quantitative estimate of drug-likeness (QED) is 0.615. The van der Waals surface area contributed by atoms with Crippen molar-refractivity contribution < 1.29 is 4.21 Å². The molecule has 1 aliphatic rings. The number of benzene rings is 1. The van der Waals surface area contributed by atoms with Gasteiger partial charge < -0.3 is 0 Å². The minimum Gasteiger partial charge on any atom is -0.253 e. The van der Waals surface area contributed by atoms with Crippen molar-refractivity contribution in [3.8, 4) is 0 Å². The van der Waals surface area contributed by atoms with E-state index in [2.05, 4.69) is 0 Å². The van der Waals surface area contributed by atoms with Crippen LogP contribution in [0.2, 0.25) is 0 Å². The number of fused-ring (bicyclic) bond motifs is 1. The van der Waals surface area contributed by atoms with E-state index in [1.165, 1.54) is 4.90 Å². The lowest BCUT2D eigenvalue weighted by Crippen LogP contribution is -1.97. The first-order valence-corrected chi connectivity index (χ1v) is 5.54. The van der Waals surface area contributed by atoms with Crippen LogP contribution in [-0.2, 0) is 10.8 Å². The summed E-state index contributed by atoms with van der Waals surface area (Å²) in [7, 11) is -0.780. The Labute approximate surface area is 72.7 Å². The smallest absolute Gasteiger partial charge is 0.0867 e. The van der Waals surface area contributed by atoms with E-state index in [1.54, 1.807) is 11.8 Å². The fraction of sp³-hybridized carbons (Fsp3) is 0.250. The standard InChI is InChI=1S/C8H8OS2/c1-6-10-7-4-2-3-5-8(7)11(6)9/h2-6H,1H3. The maximum atomic E-state index is 11.5. The molecule has 0 saturated carbocycles. The molecule has 0 amide bonds. The molecule has 1 heterocycles. The molecule has 1 aliphatic heterocycles. The predicted octanol–water partition coefficient (Wildman–Crippen LogP) is 2.25. The summed E-state index contributed by atoms with van der Waals surface area (Å²) in [4.78, 5) is 2.18. The fourth-order valence-electron chi connectivity index (χ4n) is 1.12. The van der Waals surface area contributed by atoms with Gasteiger partial charge in [0.05, 0.1) is 20.3 Å². The van der Waals surface area contributed by atoms with Gasteiger partial charge in [-0.05, 0) is 19.1 Å². The van der Waals surface area contributed by atoms with Gasteiger partial charge in [0.2, 0.25) is 0 Å². The van der Waals surface area contributed by atoms with E-state index < -0.39 is 10.8 Å². The third kappa shape index (κ3) is 1.12. The van der Waals surface area contributed by atoms with Crippen LogP contribution in [0.5, 0.6) is 0 Å². The van der Waals surface area contributed by atoms with E-state index >= 15 is 0 Å². The Bertz CT molecular complexity index is 309. The van der Waals surface area contributed by atoms with Crippen LogP contribution < -0.4 is 0 Å². The molecule has 1 aromatic carbocycles. The molecule has 11 heavy (non-hydrogen) atoms. The maximum absolute atomic E-state index is 11.5. The van der Waals surface area contributed by atoms with Crippen LogP contribution >= 0.6 is 11.8 Å². The van der Waals surface area contributed by atoms with Gasteiger partial charge in [-0.15, -0.1) is 11.8 Å². The summed E-state index contributed by atoms with van der Waals surface area (Å²) < 4.78 is 11.7. The van der Waals surface area contributed by atoms with Gasteiger partial charge in [-0.1, -0.05) is 12.1 Å². The average molecular weight is 184 g/mol. The van der Waals surface area contributed by atoms with E-state index in [0.717, 1.165) is 4.90 Å². The topological polar surface area (TPSA) is 17.1 Å². The zero-order valence-corrected chi connectivity index (χ0v) is 7.74. The Hall–Kier alpha value is -0.280. The second-order valence-electron chi connectivity index (χ2n) is 2.43. The highest BCUT2D eigenvalue weighted by Gasteiger charge is 2.25. The molecule has 0 N–H and O–H groups in total. The molecule has 1 nitrogen and oxygen atoms in total. The van der Waals surface area contributed by atoms with Gasteiger partial charge in [-0.3, -0.25) is 4.21 Å². The summed E-state index contributed by atoms with van der Waals surface area (Å²) in [6.45, 7) is 2.00. The molecule has 3 heteroatoms. The van der Waals surface area contributed by atoms with Crippen molar-refractivity contribution in [2.75, 3.05) is 0 Å². The molecule has 0 aliphatic carbocycles. The van der Waals surface area contributed by atoms with Crippen LogP contribution in [0, 0.1) is 0 Å². The van der Waals surface area contributed by atoms with Gasteiger partial charge >= 0.3 is 0 Å². The van der Waals surface area contributed by atoms with E-state index in [0.29, 0.717) is 0 Å². The van der Waals surface area contributed by atoms with E-state index in [9.17, 15) is 4.21 Å². The number of hydrogen-bond acceptors (Lipinski definition) is 2. The van der Waals surface area contributed by atoms with Gasteiger partial charge in [0.25, 0.3) is 0 Å². The summed E-state index contributed by atoms with van der Waals surface area (Å²) in [5.74, 6) is 0. The van der Waals surface area contributed by atoms with Crippen LogP contribution in [-0.4, -0.2) is 8.79 Å². The molecular weight excluding hydrogens is 176 g/mol. The first-order valence-electron chi connectivity index (χ1n) is 3.45. The third-order valence-electron chi connectivity index (χ3n) is 1.66. The highest BCUT2D eigenvalue weighted by atomic mass is 32.2. The third-order valence-corrected chi connectivity index (χ3v) is 4.94. The van der Waals surface area contributed by atoms with Crippen molar-refractivity contribution in [3.63, 3.8) is 0 Å². The Balaban J connectivity index is 2.55. The van der Waals surface area contributed by atoms with Crippen LogP contribution in [0.4, 0.5) is 0 Å². The van der Waals surface area contributed by atoms with Crippen LogP contribution in [0.3, 0.4) is 0 Å². The van der Waals surface area contributed by atoms with E-state index in [1.807, 2.05) is 31.2 Å². The molecule has 0 aromatic heterocycles. The maximum Gasteiger partial charge on any atom is 0.0867 e. The fourth-order valence-corrected chi connectivity index (χ4v) is 4.01. The molecule has 58 valence electrons. The van der Waals surface area contributed by atoms with Gasteiger partial charge in [-0.2, -0.15) is 0 Å². The minimum atomic E-state index is -0.780. The van der Waals surface area contributed by atoms with Crippen LogP contribution in [0.1, 0.15) is 6.92 Å². The summed E-state index contributed by atoms with van der Waals surface area (Å²) in [5.41, 5.74) is 0. The van der Waals surface area contributed by atoms with Crippen molar-refractivity contribution in [2.45, 2.75) is 21.3 Å². The van der Waals surface area contributed by atoms with Crippen molar-refractivity contribution in [3.05, 3.63) is 24.3 Å². The lowest BCUT2D eigenvalue weighted by molar-refractivity contribution is 0.682. The largest absolute Gasteiger partial charge is 0.253 e. The van der Waals surface area contributed by atoms with E-state index in [-0.39, 0.29) is 4.58 Å². The zero-order chi connectivity index (χ0) is 7.84.